The predicted octanol–water partition coefficient (Wildman–Crippen LogP) is 3.79. The number of aryl methyl sites for hydroxylation is 1. The minimum atomic E-state index is -0.429. The van der Waals surface area contributed by atoms with E-state index < -0.39 is 4.92 Å². The zero-order valence-corrected chi connectivity index (χ0v) is 13.5. The molecule has 0 bridgehead atoms. The number of hydrogen-bond donors (Lipinski definition) is 1. The zero-order valence-electron chi connectivity index (χ0n) is 12.7. The molecule has 0 atom stereocenters. The summed E-state index contributed by atoms with van der Waals surface area (Å²) in [5.41, 5.74) is 1.96. The molecule has 7 heteroatoms. The van der Waals surface area contributed by atoms with E-state index in [9.17, 15) is 14.9 Å². The second kappa shape index (κ2) is 6.67. The van der Waals surface area contributed by atoms with Crippen LogP contribution in [0.3, 0.4) is 0 Å². The lowest BCUT2D eigenvalue weighted by atomic mass is 10.1. The summed E-state index contributed by atoms with van der Waals surface area (Å²) in [5, 5.41) is 14.2. The highest BCUT2D eigenvalue weighted by Gasteiger charge is 2.24. The Labute approximate surface area is 142 Å². The lowest BCUT2D eigenvalue weighted by molar-refractivity contribution is -0.385. The number of nitro groups is 1. The van der Waals surface area contributed by atoms with E-state index in [1.165, 1.54) is 17.8 Å². The van der Waals surface area contributed by atoms with E-state index in [-0.39, 0.29) is 11.6 Å². The Kier molecular flexibility index (Phi) is 4.43. The zero-order chi connectivity index (χ0) is 17.1. The van der Waals surface area contributed by atoms with Crippen LogP contribution < -0.4 is 5.32 Å². The average Bonchev–Trinajstić information content (AvgIpc) is 2.89. The molecule has 2 aromatic rings. The summed E-state index contributed by atoms with van der Waals surface area (Å²) in [5.74, 6) is -0.266. The monoisotopic (exact) mass is 339 g/mol. The highest BCUT2D eigenvalue weighted by atomic mass is 32.2. The summed E-state index contributed by atoms with van der Waals surface area (Å²) in [4.78, 5) is 27.4. The molecule has 120 valence electrons. The molecule has 1 aliphatic heterocycles. The van der Waals surface area contributed by atoms with Gasteiger partial charge in [-0.25, -0.2) is 4.99 Å². The van der Waals surface area contributed by atoms with Crippen LogP contribution in [0.25, 0.3) is 6.08 Å². The van der Waals surface area contributed by atoms with Crippen molar-refractivity contribution in [2.24, 2.45) is 4.99 Å². The van der Waals surface area contributed by atoms with Gasteiger partial charge < -0.3 is 5.32 Å². The van der Waals surface area contributed by atoms with Gasteiger partial charge in [0.05, 0.1) is 15.5 Å². The van der Waals surface area contributed by atoms with Crippen molar-refractivity contribution < 1.29 is 9.72 Å². The maximum Gasteiger partial charge on any atom is 0.272 e. The summed E-state index contributed by atoms with van der Waals surface area (Å²) >= 11 is 1.21. The summed E-state index contributed by atoms with van der Waals surface area (Å²) in [6, 6.07) is 14.2. The Morgan fingerprint density at radius 3 is 2.67 bits per heavy atom. The van der Waals surface area contributed by atoms with E-state index >= 15 is 0 Å². The van der Waals surface area contributed by atoms with Gasteiger partial charge in [0.1, 0.15) is 0 Å². The minimum absolute atomic E-state index is 0.0333. The van der Waals surface area contributed by atoms with Crippen LogP contribution in [0.15, 0.2) is 58.4 Å². The number of carbonyl (C=O) groups is 1. The smallest absolute Gasteiger partial charge is 0.272 e. The predicted molar refractivity (Wildman–Crippen MR) is 95.1 cm³/mol. The second-order valence-electron chi connectivity index (χ2n) is 5.12. The number of aliphatic imine (C=N–C) groups is 1. The molecule has 3 rings (SSSR count). The molecule has 1 amide bonds. The largest absolute Gasteiger partial charge is 0.300 e. The quantitative estimate of drug-likeness (QED) is 0.524. The molecule has 0 radical (unpaired) electrons. The summed E-state index contributed by atoms with van der Waals surface area (Å²) in [6.45, 7) is 1.68. The number of nitrogens with zero attached hydrogens (tertiary/aromatic N) is 2. The average molecular weight is 339 g/mol. The molecule has 2 aromatic carbocycles. The van der Waals surface area contributed by atoms with E-state index in [0.29, 0.717) is 21.2 Å². The third-order valence-corrected chi connectivity index (χ3v) is 4.28. The molecular weight excluding hydrogens is 326 g/mol. The van der Waals surface area contributed by atoms with Crippen molar-refractivity contribution in [1.82, 2.24) is 5.32 Å². The molecule has 24 heavy (non-hydrogen) atoms. The van der Waals surface area contributed by atoms with E-state index in [0.717, 1.165) is 5.69 Å². The van der Waals surface area contributed by atoms with E-state index in [1.807, 2.05) is 30.3 Å². The first-order valence-corrected chi connectivity index (χ1v) is 7.94. The Morgan fingerprint density at radius 2 is 1.96 bits per heavy atom. The van der Waals surface area contributed by atoms with Gasteiger partial charge in [-0.05, 0) is 42.5 Å². The third kappa shape index (κ3) is 3.52. The Balaban J connectivity index is 1.87. The van der Waals surface area contributed by atoms with Crippen molar-refractivity contribution in [2.75, 3.05) is 0 Å². The number of hydrogen-bond acceptors (Lipinski definition) is 5. The van der Waals surface area contributed by atoms with E-state index in [4.69, 9.17) is 0 Å². The van der Waals surface area contributed by atoms with Gasteiger partial charge in [-0.2, -0.15) is 0 Å². The molecule has 0 spiro atoms. The first-order valence-electron chi connectivity index (χ1n) is 7.12. The van der Waals surface area contributed by atoms with Crippen LogP contribution >= 0.6 is 11.8 Å². The molecule has 0 aliphatic carbocycles. The van der Waals surface area contributed by atoms with Crippen molar-refractivity contribution in [3.63, 3.8) is 0 Å². The molecule has 1 saturated heterocycles. The number of para-hydroxylation sites is 1. The number of rotatable bonds is 3. The number of benzene rings is 2. The Bertz CT molecular complexity index is 876. The molecular formula is C17H13N3O3S. The van der Waals surface area contributed by atoms with Crippen molar-refractivity contribution in [3.05, 3.63) is 74.7 Å². The Hall–Kier alpha value is -2.93. The number of carbonyl (C=O) groups excluding carboxylic acids is 1. The molecule has 0 saturated carbocycles. The standard InChI is InChI=1S/C17H13N3O3S/c1-11-7-8-12(9-14(11)20(22)23)10-15-16(21)19-17(24-15)18-13-5-3-2-4-6-13/h2-10H,1H3,(H,18,19,21). The fraction of sp³-hybridized carbons (Fsp3) is 0.0588. The molecule has 1 N–H and O–H groups in total. The second-order valence-corrected chi connectivity index (χ2v) is 6.15. The van der Waals surface area contributed by atoms with Crippen LogP contribution in [0.1, 0.15) is 11.1 Å². The Morgan fingerprint density at radius 1 is 1.21 bits per heavy atom. The van der Waals surface area contributed by atoms with E-state index in [1.54, 1.807) is 25.1 Å². The van der Waals surface area contributed by atoms with Crippen molar-refractivity contribution in [2.45, 2.75) is 6.92 Å². The van der Waals surface area contributed by atoms with Crippen LogP contribution in [0, 0.1) is 17.0 Å². The first-order chi connectivity index (χ1) is 11.5. The van der Waals surface area contributed by atoms with Crippen LogP contribution in [0.4, 0.5) is 11.4 Å². The highest BCUT2D eigenvalue weighted by molar-refractivity contribution is 8.18. The van der Waals surface area contributed by atoms with Gasteiger partial charge in [-0.1, -0.05) is 30.3 Å². The van der Waals surface area contributed by atoms with Gasteiger partial charge in [0.25, 0.3) is 11.6 Å². The fourth-order valence-corrected chi connectivity index (χ4v) is 3.01. The van der Waals surface area contributed by atoms with Gasteiger partial charge >= 0.3 is 0 Å². The number of amidine groups is 1. The van der Waals surface area contributed by atoms with E-state index in [2.05, 4.69) is 10.3 Å². The maximum absolute atomic E-state index is 12.1. The van der Waals surface area contributed by atoms with Gasteiger partial charge in [-0.15, -0.1) is 0 Å². The number of nitro benzene ring substituents is 1. The van der Waals surface area contributed by atoms with Gasteiger partial charge in [-0.3, -0.25) is 14.9 Å². The molecule has 1 heterocycles. The van der Waals surface area contributed by atoms with Gasteiger partial charge in [0, 0.05) is 11.6 Å². The van der Waals surface area contributed by atoms with Crippen molar-refractivity contribution in [3.8, 4) is 0 Å². The summed E-state index contributed by atoms with van der Waals surface area (Å²) in [6.07, 6.45) is 1.62. The number of thioether (sulfide) groups is 1. The molecule has 1 aliphatic rings. The lowest BCUT2D eigenvalue weighted by Crippen LogP contribution is -2.19. The molecule has 0 unspecified atom stereocenters. The van der Waals surface area contributed by atoms with Crippen LogP contribution in [-0.4, -0.2) is 16.0 Å². The van der Waals surface area contributed by atoms with Crippen LogP contribution in [0.5, 0.6) is 0 Å². The molecule has 0 aromatic heterocycles. The summed E-state index contributed by atoms with van der Waals surface area (Å²) in [7, 11) is 0. The summed E-state index contributed by atoms with van der Waals surface area (Å²) < 4.78 is 0. The van der Waals surface area contributed by atoms with Gasteiger partial charge in [0.15, 0.2) is 5.17 Å². The lowest BCUT2D eigenvalue weighted by Gasteiger charge is -1.99. The minimum Gasteiger partial charge on any atom is -0.300 e. The van der Waals surface area contributed by atoms with Crippen molar-refractivity contribution in [1.29, 1.82) is 0 Å². The fourth-order valence-electron chi connectivity index (χ4n) is 2.16. The topological polar surface area (TPSA) is 84.6 Å². The highest BCUT2D eigenvalue weighted by Crippen LogP contribution is 2.29. The SMILES string of the molecule is Cc1ccc(C=C2SC(=Nc3ccccc3)NC2=O)cc1[N+](=O)[O-]. The van der Waals surface area contributed by atoms with Gasteiger partial charge in [0.2, 0.25) is 0 Å². The third-order valence-electron chi connectivity index (χ3n) is 3.37. The normalized spacial score (nSPS) is 17.3. The van der Waals surface area contributed by atoms with Crippen LogP contribution in [0.2, 0.25) is 0 Å². The number of amides is 1. The number of nitrogens with one attached hydrogen (secondary N) is 1. The molecule has 6 nitrogen and oxygen atoms in total. The maximum atomic E-state index is 12.1. The molecule has 1 fully saturated rings. The van der Waals surface area contributed by atoms with Crippen molar-refractivity contribution >= 4 is 40.3 Å². The van der Waals surface area contributed by atoms with Crippen LogP contribution in [-0.2, 0) is 4.79 Å². The first kappa shape index (κ1) is 15.9.